The molecule has 234 valence electrons. The Morgan fingerprint density at radius 1 is 0.360 bits per heavy atom. The van der Waals surface area contributed by atoms with Gasteiger partial charge in [0, 0.05) is 27.5 Å². The lowest BCUT2D eigenvalue weighted by atomic mass is 9.94. The number of hydrogen-bond donors (Lipinski definition) is 0. The zero-order chi connectivity index (χ0) is 33.0. The van der Waals surface area contributed by atoms with Crippen LogP contribution in [-0.4, -0.2) is 4.57 Å². The second-order valence-corrected chi connectivity index (χ2v) is 12.9. The highest BCUT2D eigenvalue weighted by Gasteiger charge is 2.24. The third-order valence-electron chi connectivity index (χ3n) is 10.1. The molecule has 0 bridgehead atoms. The van der Waals surface area contributed by atoms with Crippen LogP contribution in [0.4, 0.5) is 17.1 Å². The molecular weight excluding hydrogens is 605 g/mol. The average molecular weight is 637 g/mol. The maximum atomic E-state index is 2.50. The summed E-state index contributed by atoms with van der Waals surface area (Å²) >= 11 is 0. The van der Waals surface area contributed by atoms with Crippen molar-refractivity contribution in [3.63, 3.8) is 0 Å². The summed E-state index contributed by atoms with van der Waals surface area (Å²) in [4.78, 5) is 2.50. The lowest BCUT2D eigenvalue weighted by Gasteiger charge is -2.29. The fourth-order valence-electron chi connectivity index (χ4n) is 7.90. The molecule has 0 aliphatic heterocycles. The Morgan fingerprint density at radius 3 is 1.78 bits per heavy atom. The molecule has 10 rings (SSSR count). The first-order chi connectivity index (χ1) is 24.8. The van der Waals surface area contributed by atoms with E-state index in [9.17, 15) is 0 Å². The van der Waals surface area contributed by atoms with Gasteiger partial charge < -0.3 is 9.47 Å². The number of para-hydroxylation sites is 3. The Bertz CT molecular complexity index is 2850. The van der Waals surface area contributed by atoms with Gasteiger partial charge in [-0.15, -0.1) is 0 Å². The number of anilines is 3. The number of nitrogens with zero attached hydrogens (tertiary/aromatic N) is 2. The molecule has 0 aliphatic rings. The topological polar surface area (TPSA) is 8.17 Å². The van der Waals surface area contributed by atoms with Gasteiger partial charge in [0.15, 0.2) is 0 Å². The van der Waals surface area contributed by atoms with Crippen LogP contribution in [-0.2, 0) is 0 Å². The van der Waals surface area contributed by atoms with Crippen molar-refractivity contribution in [2.24, 2.45) is 0 Å². The van der Waals surface area contributed by atoms with Gasteiger partial charge in [0.05, 0.1) is 22.4 Å². The van der Waals surface area contributed by atoms with E-state index in [0.29, 0.717) is 0 Å². The number of hydrogen-bond acceptors (Lipinski definition) is 1. The summed E-state index contributed by atoms with van der Waals surface area (Å²) in [6.45, 7) is 0. The minimum absolute atomic E-state index is 1.10. The average Bonchev–Trinajstić information content (AvgIpc) is 3.54. The molecule has 0 amide bonds. The van der Waals surface area contributed by atoms with Crippen molar-refractivity contribution in [3.05, 3.63) is 194 Å². The molecule has 0 unspecified atom stereocenters. The largest absolute Gasteiger partial charge is 0.308 e. The van der Waals surface area contributed by atoms with Crippen LogP contribution in [0.25, 0.3) is 70.9 Å². The van der Waals surface area contributed by atoms with Gasteiger partial charge in [-0.05, 0) is 80.5 Å². The minimum Gasteiger partial charge on any atom is -0.308 e. The first kappa shape index (κ1) is 28.4. The Labute approximate surface area is 290 Å². The predicted octanol–water partition coefficient (Wildman–Crippen LogP) is 13.4. The van der Waals surface area contributed by atoms with Crippen LogP contribution in [0.1, 0.15) is 0 Å². The fourth-order valence-corrected chi connectivity index (χ4v) is 7.90. The number of benzene rings is 9. The van der Waals surface area contributed by atoms with Crippen LogP contribution < -0.4 is 4.90 Å². The van der Waals surface area contributed by atoms with E-state index < -0.39 is 0 Å². The van der Waals surface area contributed by atoms with E-state index in [-0.39, 0.29) is 0 Å². The molecule has 0 spiro atoms. The zero-order valence-corrected chi connectivity index (χ0v) is 27.4. The summed E-state index contributed by atoms with van der Waals surface area (Å²) in [5, 5.41) is 9.90. The van der Waals surface area contributed by atoms with Gasteiger partial charge in [0.25, 0.3) is 0 Å². The van der Waals surface area contributed by atoms with Gasteiger partial charge in [-0.1, -0.05) is 152 Å². The first-order valence-corrected chi connectivity index (χ1v) is 17.2. The van der Waals surface area contributed by atoms with Gasteiger partial charge >= 0.3 is 0 Å². The van der Waals surface area contributed by atoms with Crippen molar-refractivity contribution in [2.75, 3.05) is 4.90 Å². The van der Waals surface area contributed by atoms with Crippen LogP contribution >= 0.6 is 0 Å². The molecule has 0 saturated carbocycles. The van der Waals surface area contributed by atoms with E-state index >= 15 is 0 Å². The van der Waals surface area contributed by atoms with Gasteiger partial charge in [0.1, 0.15) is 0 Å². The van der Waals surface area contributed by atoms with E-state index in [2.05, 4.69) is 204 Å². The zero-order valence-electron chi connectivity index (χ0n) is 27.4. The SMILES string of the molecule is c1ccc(-c2ccc(N(c3cc4ccccc4c4ccc5ccccc5c34)c3cccc4c5ccccc5n(-c5ccccc5)c34)cc2)cc1. The summed E-state index contributed by atoms with van der Waals surface area (Å²) < 4.78 is 2.44. The lowest BCUT2D eigenvalue weighted by molar-refractivity contribution is 1.17. The summed E-state index contributed by atoms with van der Waals surface area (Å²) in [6.07, 6.45) is 0. The van der Waals surface area contributed by atoms with Crippen molar-refractivity contribution < 1.29 is 0 Å². The normalized spacial score (nSPS) is 11.6. The van der Waals surface area contributed by atoms with Crippen LogP contribution in [0, 0.1) is 0 Å². The van der Waals surface area contributed by atoms with Gasteiger partial charge in [-0.3, -0.25) is 0 Å². The third-order valence-corrected chi connectivity index (χ3v) is 10.1. The molecule has 0 fully saturated rings. The van der Waals surface area contributed by atoms with E-state index in [1.807, 2.05) is 0 Å². The lowest BCUT2D eigenvalue weighted by Crippen LogP contribution is -2.12. The molecule has 1 heterocycles. The molecule has 1 aromatic heterocycles. The van der Waals surface area contributed by atoms with Crippen molar-refractivity contribution in [2.45, 2.75) is 0 Å². The molecule has 2 nitrogen and oxygen atoms in total. The highest BCUT2D eigenvalue weighted by molar-refractivity contribution is 6.24. The van der Waals surface area contributed by atoms with E-state index in [1.54, 1.807) is 0 Å². The molecule has 0 N–H and O–H groups in total. The molecule has 0 saturated heterocycles. The number of rotatable bonds is 5. The second-order valence-electron chi connectivity index (χ2n) is 12.9. The molecule has 9 aromatic carbocycles. The standard InChI is InChI=1S/C48H32N2/c1-3-14-33(15-4-1)34-26-29-38(30-27-34)49(46-32-36-17-8-9-20-39(36)42-31-28-35-16-7-10-21-40(35)47(42)46)45-25-13-23-43-41-22-11-12-24-44(41)50(48(43)45)37-18-5-2-6-19-37/h1-32H. The first-order valence-electron chi connectivity index (χ1n) is 17.2. The molecule has 0 atom stereocenters. The predicted molar refractivity (Wildman–Crippen MR) is 213 cm³/mol. The maximum absolute atomic E-state index is 2.50. The monoisotopic (exact) mass is 636 g/mol. The quantitative estimate of drug-likeness (QED) is 0.171. The summed E-state index contributed by atoms with van der Waals surface area (Å²) in [5.74, 6) is 0. The van der Waals surface area contributed by atoms with E-state index in [0.717, 1.165) is 22.7 Å². The molecule has 0 aliphatic carbocycles. The maximum Gasteiger partial charge on any atom is 0.0782 e. The Hall–Kier alpha value is -6.64. The second kappa shape index (κ2) is 11.5. The molecule has 2 heteroatoms. The van der Waals surface area contributed by atoms with E-state index in [1.165, 1.54) is 65.3 Å². The Morgan fingerprint density at radius 2 is 0.980 bits per heavy atom. The number of fused-ring (bicyclic) bond motifs is 8. The smallest absolute Gasteiger partial charge is 0.0782 e. The van der Waals surface area contributed by atoms with Crippen LogP contribution in [0.15, 0.2) is 194 Å². The van der Waals surface area contributed by atoms with Gasteiger partial charge in [-0.25, -0.2) is 0 Å². The van der Waals surface area contributed by atoms with Crippen LogP contribution in [0.5, 0.6) is 0 Å². The van der Waals surface area contributed by atoms with Crippen LogP contribution in [0.3, 0.4) is 0 Å². The summed E-state index contributed by atoms with van der Waals surface area (Å²) in [5.41, 5.74) is 9.28. The Kier molecular flexibility index (Phi) is 6.53. The minimum atomic E-state index is 1.10. The van der Waals surface area contributed by atoms with Crippen LogP contribution in [0.2, 0.25) is 0 Å². The van der Waals surface area contributed by atoms with Crippen molar-refractivity contribution >= 4 is 71.2 Å². The molecule has 10 aromatic rings. The van der Waals surface area contributed by atoms with Crippen molar-refractivity contribution in [1.29, 1.82) is 0 Å². The third kappa shape index (κ3) is 4.43. The Balaban J connectivity index is 1.36. The molecule has 0 radical (unpaired) electrons. The fraction of sp³-hybridized carbons (Fsp3) is 0. The number of aromatic nitrogens is 1. The summed E-state index contributed by atoms with van der Waals surface area (Å²) in [6, 6.07) is 70.5. The van der Waals surface area contributed by atoms with Gasteiger partial charge in [-0.2, -0.15) is 0 Å². The van der Waals surface area contributed by atoms with Crippen molar-refractivity contribution in [3.8, 4) is 16.8 Å². The summed E-state index contributed by atoms with van der Waals surface area (Å²) in [7, 11) is 0. The highest BCUT2D eigenvalue weighted by Crippen LogP contribution is 2.48. The highest BCUT2D eigenvalue weighted by atomic mass is 15.2. The van der Waals surface area contributed by atoms with E-state index in [4.69, 9.17) is 0 Å². The molecule has 50 heavy (non-hydrogen) atoms. The van der Waals surface area contributed by atoms with Crippen molar-refractivity contribution in [1.82, 2.24) is 4.57 Å². The van der Waals surface area contributed by atoms with Gasteiger partial charge in [0.2, 0.25) is 0 Å². The molecular formula is C48H32N2.